The van der Waals surface area contributed by atoms with Crippen LogP contribution in [0.2, 0.25) is 0 Å². The lowest BCUT2D eigenvalue weighted by molar-refractivity contribution is 0.477. The van der Waals surface area contributed by atoms with Crippen molar-refractivity contribution in [2.75, 3.05) is 11.9 Å². The predicted molar refractivity (Wildman–Crippen MR) is 101 cm³/mol. The molecule has 134 valence electrons. The van der Waals surface area contributed by atoms with Gasteiger partial charge in [-0.3, -0.25) is 0 Å². The second-order valence-corrected chi connectivity index (χ2v) is 6.05. The number of hydrogen-bond acceptors (Lipinski definition) is 5. The minimum Gasteiger partial charge on any atom is -0.507 e. The molecule has 3 rings (SSSR count). The molecule has 0 amide bonds. The van der Waals surface area contributed by atoms with E-state index in [1.165, 1.54) is 12.1 Å². The summed E-state index contributed by atoms with van der Waals surface area (Å²) in [6.07, 6.45) is 2.50. The highest BCUT2D eigenvalue weighted by atomic mass is 19.1. The Morgan fingerprint density at radius 2 is 1.85 bits per heavy atom. The van der Waals surface area contributed by atoms with E-state index in [9.17, 15) is 9.50 Å². The summed E-state index contributed by atoms with van der Waals surface area (Å²) >= 11 is 0. The van der Waals surface area contributed by atoms with Gasteiger partial charge in [-0.1, -0.05) is 25.1 Å². The number of aromatic hydroxyl groups is 1. The van der Waals surface area contributed by atoms with Crippen molar-refractivity contribution >= 4 is 5.82 Å². The second-order valence-electron chi connectivity index (χ2n) is 6.05. The quantitative estimate of drug-likeness (QED) is 0.628. The lowest BCUT2D eigenvalue weighted by Crippen LogP contribution is -2.28. The SMILES string of the molecule is CCC(N)CNc1ccnc(-c2cc(-c3ccc(F)cc3)ccc2O)n1. The van der Waals surface area contributed by atoms with Gasteiger partial charge in [-0.15, -0.1) is 0 Å². The van der Waals surface area contributed by atoms with Crippen LogP contribution in [0.3, 0.4) is 0 Å². The highest BCUT2D eigenvalue weighted by molar-refractivity contribution is 5.74. The Hall–Kier alpha value is -2.99. The van der Waals surface area contributed by atoms with E-state index in [1.54, 1.807) is 42.6 Å². The number of nitrogens with one attached hydrogen (secondary N) is 1. The van der Waals surface area contributed by atoms with Gasteiger partial charge >= 0.3 is 0 Å². The van der Waals surface area contributed by atoms with Crippen LogP contribution in [-0.2, 0) is 0 Å². The van der Waals surface area contributed by atoms with Crippen LogP contribution >= 0.6 is 0 Å². The number of anilines is 1. The van der Waals surface area contributed by atoms with E-state index >= 15 is 0 Å². The molecule has 0 radical (unpaired) electrons. The predicted octanol–water partition coefficient (Wildman–Crippen LogP) is 3.80. The van der Waals surface area contributed by atoms with Crippen LogP contribution in [0.5, 0.6) is 5.75 Å². The molecule has 2 aromatic carbocycles. The molecule has 1 atom stereocenters. The molecule has 26 heavy (non-hydrogen) atoms. The zero-order chi connectivity index (χ0) is 18.5. The average molecular weight is 352 g/mol. The van der Waals surface area contributed by atoms with Crippen molar-refractivity contribution in [2.24, 2.45) is 5.73 Å². The van der Waals surface area contributed by atoms with E-state index in [4.69, 9.17) is 5.73 Å². The molecule has 0 bridgehead atoms. The molecule has 0 saturated carbocycles. The maximum atomic E-state index is 13.1. The third kappa shape index (κ3) is 4.15. The topological polar surface area (TPSA) is 84.1 Å². The monoisotopic (exact) mass is 352 g/mol. The number of aromatic nitrogens is 2. The van der Waals surface area contributed by atoms with Crippen molar-refractivity contribution in [3.8, 4) is 28.3 Å². The molecular weight excluding hydrogens is 331 g/mol. The lowest BCUT2D eigenvalue weighted by Gasteiger charge is -2.12. The van der Waals surface area contributed by atoms with Gasteiger partial charge in [0.05, 0.1) is 5.56 Å². The Balaban J connectivity index is 1.91. The molecule has 6 heteroatoms. The molecule has 0 spiro atoms. The number of benzene rings is 2. The number of halogens is 1. The van der Waals surface area contributed by atoms with Gasteiger partial charge in [-0.25, -0.2) is 14.4 Å². The first-order valence-electron chi connectivity index (χ1n) is 8.48. The van der Waals surface area contributed by atoms with Crippen molar-refractivity contribution in [1.29, 1.82) is 0 Å². The molecule has 1 heterocycles. The number of phenolic OH excluding ortho intramolecular Hbond substituents is 1. The number of rotatable bonds is 6. The summed E-state index contributed by atoms with van der Waals surface area (Å²) in [5.74, 6) is 0.838. The van der Waals surface area contributed by atoms with E-state index in [2.05, 4.69) is 15.3 Å². The van der Waals surface area contributed by atoms with Gasteiger partial charge in [-0.2, -0.15) is 0 Å². The highest BCUT2D eigenvalue weighted by Crippen LogP contribution is 2.32. The van der Waals surface area contributed by atoms with Crippen molar-refractivity contribution in [3.63, 3.8) is 0 Å². The third-order valence-corrected chi connectivity index (χ3v) is 4.14. The zero-order valence-corrected chi connectivity index (χ0v) is 14.5. The Bertz CT molecular complexity index is 883. The van der Waals surface area contributed by atoms with Gasteiger partial charge in [0.1, 0.15) is 17.4 Å². The number of nitrogens with two attached hydrogens (primary N) is 1. The van der Waals surface area contributed by atoms with Crippen LogP contribution < -0.4 is 11.1 Å². The second kappa shape index (κ2) is 7.93. The van der Waals surface area contributed by atoms with Crippen LogP contribution in [0.15, 0.2) is 54.7 Å². The van der Waals surface area contributed by atoms with Crippen LogP contribution in [0, 0.1) is 5.82 Å². The summed E-state index contributed by atoms with van der Waals surface area (Å²) in [4.78, 5) is 8.73. The molecule has 5 nitrogen and oxygen atoms in total. The summed E-state index contributed by atoms with van der Waals surface area (Å²) in [6, 6.07) is 13.1. The van der Waals surface area contributed by atoms with Gasteiger partial charge in [0.25, 0.3) is 0 Å². The maximum Gasteiger partial charge on any atom is 0.165 e. The molecule has 0 aliphatic heterocycles. The van der Waals surface area contributed by atoms with Crippen LogP contribution in [0.25, 0.3) is 22.5 Å². The average Bonchev–Trinajstić information content (AvgIpc) is 2.67. The standard InChI is InChI=1S/C20H21FN4O/c1-2-16(22)12-24-19-9-10-23-20(25-19)17-11-14(5-8-18(17)26)13-3-6-15(21)7-4-13/h3-11,16,26H,2,12,22H2,1H3,(H,23,24,25). The third-order valence-electron chi connectivity index (χ3n) is 4.14. The Morgan fingerprint density at radius 1 is 1.12 bits per heavy atom. The van der Waals surface area contributed by atoms with Gasteiger partial charge < -0.3 is 16.2 Å². The summed E-state index contributed by atoms with van der Waals surface area (Å²) in [5.41, 5.74) is 8.11. The largest absolute Gasteiger partial charge is 0.507 e. The van der Waals surface area contributed by atoms with Crippen LogP contribution in [0.1, 0.15) is 13.3 Å². The molecular formula is C20H21FN4O. The Labute approximate surface area is 151 Å². The van der Waals surface area contributed by atoms with Crippen molar-refractivity contribution in [3.05, 3.63) is 60.5 Å². The van der Waals surface area contributed by atoms with Gasteiger partial charge in [0.15, 0.2) is 5.82 Å². The smallest absolute Gasteiger partial charge is 0.165 e. The van der Waals surface area contributed by atoms with E-state index in [0.717, 1.165) is 17.5 Å². The van der Waals surface area contributed by atoms with E-state index in [1.807, 2.05) is 6.92 Å². The van der Waals surface area contributed by atoms with Crippen molar-refractivity contribution in [2.45, 2.75) is 19.4 Å². The van der Waals surface area contributed by atoms with Crippen LogP contribution in [0.4, 0.5) is 10.2 Å². The van der Waals surface area contributed by atoms with Crippen molar-refractivity contribution in [1.82, 2.24) is 9.97 Å². The Morgan fingerprint density at radius 3 is 2.58 bits per heavy atom. The highest BCUT2D eigenvalue weighted by Gasteiger charge is 2.11. The maximum absolute atomic E-state index is 13.1. The van der Waals surface area contributed by atoms with E-state index < -0.39 is 0 Å². The first-order valence-corrected chi connectivity index (χ1v) is 8.48. The molecule has 3 aromatic rings. The molecule has 0 saturated heterocycles. The first kappa shape index (κ1) is 17.8. The lowest BCUT2D eigenvalue weighted by atomic mass is 10.0. The minimum atomic E-state index is -0.292. The first-order chi connectivity index (χ1) is 12.6. The van der Waals surface area contributed by atoms with E-state index in [0.29, 0.717) is 23.8 Å². The number of phenols is 1. The summed E-state index contributed by atoms with van der Waals surface area (Å²) in [7, 11) is 0. The molecule has 0 fully saturated rings. The molecule has 4 N–H and O–H groups in total. The van der Waals surface area contributed by atoms with Gasteiger partial charge in [0.2, 0.25) is 0 Å². The number of hydrogen-bond donors (Lipinski definition) is 3. The molecule has 0 aliphatic carbocycles. The minimum absolute atomic E-state index is 0.0450. The van der Waals surface area contributed by atoms with Gasteiger partial charge in [-0.05, 0) is 47.9 Å². The molecule has 0 aliphatic rings. The Kier molecular flexibility index (Phi) is 5.43. The molecule has 1 aromatic heterocycles. The summed E-state index contributed by atoms with van der Waals surface area (Å²) < 4.78 is 13.1. The summed E-state index contributed by atoms with van der Waals surface area (Å²) in [5, 5.41) is 13.4. The summed E-state index contributed by atoms with van der Waals surface area (Å²) in [6.45, 7) is 2.63. The molecule has 1 unspecified atom stereocenters. The van der Waals surface area contributed by atoms with Crippen molar-refractivity contribution < 1.29 is 9.50 Å². The normalized spacial score (nSPS) is 12.0. The zero-order valence-electron chi connectivity index (χ0n) is 14.5. The number of nitrogens with zero attached hydrogens (tertiary/aromatic N) is 2. The van der Waals surface area contributed by atoms with Gasteiger partial charge in [0, 0.05) is 18.8 Å². The van der Waals surface area contributed by atoms with Crippen LogP contribution in [-0.4, -0.2) is 27.7 Å². The fourth-order valence-electron chi connectivity index (χ4n) is 2.50. The van der Waals surface area contributed by atoms with E-state index in [-0.39, 0.29) is 17.6 Å². The fourth-order valence-corrected chi connectivity index (χ4v) is 2.50. The fraction of sp³-hybridized carbons (Fsp3) is 0.200.